The molecule has 0 aromatic carbocycles. The van der Waals surface area contributed by atoms with Crippen molar-refractivity contribution in [3.63, 3.8) is 0 Å². The van der Waals surface area contributed by atoms with Crippen LogP contribution < -0.4 is 0 Å². The third-order valence-corrected chi connectivity index (χ3v) is 1.44. The van der Waals surface area contributed by atoms with E-state index in [1.807, 2.05) is 0 Å². The molecule has 0 amide bonds. The summed E-state index contributed by atoms with van der Waals surface area (Å²) in [5.74, 6) is -3.02. The Bertz CT molecular complexity index is 293. The molecule has 0 saturated heterocycles. The number of carbonyl (C=O) groups excluding carboxylic acids is 2. The number of hydrogen-bond acceptors (Lipinski definition) is 4. The maximum absolute atomic E-state index is 13.5. The van der Waals surface area contributed by atoms with Gasteiger partial charge in [0.2, 0.25) is 0 Å². The molecule has 0 N–H and O–H groups in total. The van der Waals surface area contributed by atoms with Crippen molar-refractivity contribution < 1.29 is 23.5 Å². The maximum atomic E-state index is 13.5. The molecule has 0 atom stereocenters. The first-order valence-corrected chi connectivity index (χ1v) is 3.55. The van der Waals surface area contributed by atoms with Crippen LogP contribution in [0.1, 0.15) is 13.3 Å². The highest BCUT2D eigenvalue weighted by Crippen LogP contribution is 2.19. The monoisotopic (exact) mass is 198 g/mol. The quantitative estimate of drug-likeness (QED) is 0.373. The van der Waals surface area contributed by atoms with Crippen LogP contribution in [0, 0.1) is 25.1 Å². The summed E-state index contributed by atoms with van der Waals surface area (Å²) in [6, 6.07) is 0. The Balaban J connectivity index is 4.82. The molecule has 0 aliphatic rings. The summed E-state index contributed by atoms with van der Waals surface area (Å²) in [6.07, 6.45) is 11.6. The molecule has 0 aliphatic carbocycles. The highest BCUT2D eigenvalue weighted by atomic mass is 19.1. The van der Waals surface area contributed by atoms with Crippen molar-refractivity contribution in [3.05, 3.63) is 0 Å². The van der Waals surface area contributed by atoms with Gasteiger partial charge < -0.3 is 9.47 Å². The van der Waals surface area contributed by atoms with Gasteiger partial charge in [-0.2, -0.15) is 0 Å². The third kappa shape index (κ3) is 2.24. The number of esters is 2. The Labute approximate surface area is 80.4 Å². The lowest BCUT2D eigenvalue weighted by molar-refractivity contribution is -0.166. The van der Waals surface area contributed by atoms with Gasteiger partial charge in [0.25, 0.3) is 0 Å². The second-order valence-corrected chi connectivity index (χ2v) is 2.17. The minimum absolute atomic E-state index is 0.478. The fourth-order valence-corrected chi connectivity index (χ4v) is 0.641. The van der Waals surface area contributed by atoms with Gasteiger partial charge >= 0.3 is 17.6 Å². The minimum Gasteiger partial charge on any atom is -0.370 e. The molecule has 0 radical (unpaired) electrons. The molecule has 0 aromatic heterocycles. The molecule has 0 unspecified atom stereocenters. The number of alkyl halides is 1. The number of rotatable bonds is 3. The van der Waals surface area contributed by atoms with E-state index >= 15 is 0 Å². The van der Waals surface area contributed by atoms with E-state index in [0.29, 0.717) is 0 Å². The standard InChI is InChI=1S/C9H7FO4/c1-4-9(10,7(11)13-5-2)8(12)14-6-3/h2-3H,4H2,1H3. The molecule has 5 heteroatoms. The molecule has 0 saturated carbocycles. The minimum atomic E-state index is -2.95. The number of hydrogen-bond donors (Lipinski definition) is 0. The molecular weight excluding hydrogens is 191 g/mol. The molecular formula is C9H7FO4. The first-order chi connectivity index (χ1) is 6.52. The van der Waals surface area contributed by atoms with E-state index in [4.69, 9.17) is 0 Å². The van der Waals surface area contributed by atoms with E-state index in [0.717, 1.165) is 0 Å². The average Bonchev–Trinajstić information content (AvgIpc) is 2.17. The molecule has 4 nitrogen and oxygen atoms in total. The maximum Gasteiger partial charge on any atom is 0.369 e. The summed E-state index contributed by atoms with van der Waals surface area (Å²) < 4.78 is 21.4. The summed E-state index contributed by atoms with van der Waals surface area (Å²) in [5, 5.41) is 0. The summed E-state index contributed by atoms with van der Waals surface area (Å²) in [6.45, 7) is 1.25. The summed E-state index contributed by atoms with van der Waals surface area (Å²) in [5.41, 5.74) is -2.95. The lowest BCUT2D eigenvalue weighted by atomic mass is 10.0. The Morgan fingerprint density at radius 1 is 1.29 bits per heavy atom. The van der Waals surface area contributed by atoms with Crippen LogP contribution in [0.25, 0.3) is 0 Å². The zero-order chi connectivity index (χ0) is 11.2. The van der Waals surface area contributed by atoms with Crippen LogP contribution in [0.2, 0.25) is 0 Å². The van der Waals surface area contributed by atoms with E-state index in [1.165, 1.54) is 19.1 Å². The van der Waals surface area contributed by atoms with Gasteiger partial charge in [-0.1, -0.05) is 19.8 Å². The van der Waals surface area contributed by atoms with Crippen molar-refractivity contribution >= 4 is 11.9 Å². The SMILES string of the molecule is C#COC(=O)C(F)(CC)C(=O)OC#C. The van der Waals surface area contributed by atoms with Gasteiger partial charge in [-0.25, -0.2) is 14.0 Å². The van der Waals surface area contributed by atoms with Crippen molar-refractivity contribution in [1.82, 2.24) is 0 Å². The molecule has 0 aromatic rings. The molecule has 0 heterocycles. The van der Waals surface area contributed by atoms with E-state index in [-0.39, 0.29) is 0 Å². The topological polar surface area (TPSA) is 52.6 Å². The van der Waals surface area contributed by atoms with Crippen LogP contribution in [0.15, 0.2) is 0 Å². The first-order valence-electron chi connectivity index (χ1n) is 3.55. The highest BCUT2D eigenvalue weighted by Gasteiger charge is 2.48. The van der Waals surface area contributed by atoms with Crippen molar-refractivity contribution in [2.24, 2.45) is 0 Å². The third-order valence-electron chi connectivity index (χ3n) is 1.44. The van der Waals surface area contributed by atoms with E-state index in [1.54, 1.807) is 0 Å². The van der Waals surface area contributed by atoms with Crippen molar-refractivity contribution in [3.8, 4) is 25.1 Å². The van der Waals surface area contributed by atoms with E-state index in [9.17, 15) is 14.0 Å². The van der Waals surface area contributed by atoms with Gasteiger partial charge in [-0.05, 0) is 0 Å². The molecule has 74 valence electrons. The predicted octanol–water partition coefficient (Wildman–Crippen LogP) is 0.372. The molecule has 0 spiro atoms. The molecule has 0 rings (SSSR count). The van der Waals surface area contributed by atoms with E-state index < -0.39 is 24.0 Å². The highest BCUT2D eigenvalue weighted by molar-refractivity contribution is 6.04. The van der Waals surface area contributed by atoms with Crippen LogP contribution in [0.4, 0.5) is 4.39 Å². The fraction of sp³-hybridized carbons (Fsp3) is 0.333. The number of carbonyl (C=O) groups is 2. The van der Waals surface area contributed by atoms with Crippen LogP contribution in [-0.2, 0) is 19.1 Å². The van der Waals surface area contributed by atoms with Gasteiger partial charge in [0.15, 0.2) is 0 Å². The van der Waals surface area contributed by atoms with Crippen molar-refractivity contribution in [2.45, 2.75) is 19.0 Å². The second-order valence-electron chi connectivity index (χ2n) is 2.17. The first kappa shape index (κ1) is 12.0. The predicted molar refractivity (Wildman–Crippen MR) is 44.0 cm³/mol. The number of halogens is 1. The molecule has 0 aliphatic heterocycles. The van der Waals surface area contributed by atoms with Gasteiger partial charge in [-0.15, -0.1) is 0 Å². The normalized spacial score (nSPS) is 9.43. The smallest absolute Gasteiger partial charge is 0.369 e. The number of ether oxygens (including phenoxy) is 2. The largest absolute Gasteiger partial charge is 0.370 e. The van der Waals surface area contributed by atoms with Gasteiger partial charge in [0, 0.05) is 6.42 Å². The van der Waals surface area contributed by atoms with Gasteiger partial charge in [0.1, 0.15) is 12.2 Å². The Hall–Kier alpha value is -2.01. The van der Waals surface area contributed by atoms with Crippen LogP contribution >= 0.6 is 0 Å². The van der Waals surface area contributed by atoms with Crippen LogP contribution in [0.3, 0.4) is 0 Å². The Kier molecular flexibility index (Phi) is 4.18. The number of terminal acetylenes is 2. The Morgan fingerprint density at radius 3 is 1.86 bits per heavy atom. The summed E-state index contributed by atoms with van der Waals surface area (Å²) >= 11 is 0. The zero-order valence-electron chi connectivity index (χ0n) is 7.37. The fourth-order valence-electron chi connectivity index (χ4n) is 0.641. The molecule has 0 fully saturated rings. The molecule has 0 bridgehead atoms. The van der Waals surface area contributed by atoms with E-state index in [2.05, 4.69) is 22.3 Å². The lowest BCUT2D eigenvalue weighted by Crippen LogP contribution is -2.43. The van der Waals surface area contributed by atoms with Gasteiger partial charge in [-0.3, -0.25) is 0 Å². The average molecular weight is 198 g/mol. The molecule has 14 heavy (non-hydrogen) atoms. The summed E-state index contributed by atoms with van der Waals surface area (Å²) in [7, 11) is 0. The van der Waals surface area contributed by atoms with Crippen molar-refractivity contribution in [2.75, 3.05) is 0 Å². The van der Waals surface area contributed by atoms with Crippen molar-refractivity contribution in [1.29, 1.82) is 0 Å². The second kappa shape index (κ2) is 4.88. The van der Waals surface area contributed by atoms with Gasteiger partial charge in [0.05, 0.1) is 0 Å². The van der Waals surface area contributed by atoms with Crippen LogP contribution in [0.5, 0.6) is 0 Å². The lowest BCUT2D eigenvalue weighted by Gasteiger charge is -2.15. The van der Waals surface area contributed by atoms with Crippen LogP contribution in [-0.4, -0.2) is 17.6 Å². The zero-order valence-corrected chi connectivity index (χ0v) is 7.37. The Morgan fingerprint density at radius 2 is 1.64 bits per heavy atom. The summed E-state index contributed by atoms with van der Waals surface area (Å²) in [4.78, 5) is 21.8.